The molecule has 6 aliphatic rings. The normalized spacial score (nSPS) is 39.0. The molecule has 6 nitrogen and oxygen atoms in total. The van der Waals surface area contributed by atoms with Crippen molar-refractivity contribution in [3.05, 3.63) is 38.3 Å². The molecule has 1 N–H and O–H groups in total. The molecule has 4 saturated carbocycles. The van der Waals surface area contributed by atoms with Gasteiger partial charge < -0.3 is 9.84 Å². The number of hydrogen-bond acceptors (Lipinski definition) is 6. The summed E-state index contributed by atoms with van der Waals surface area (Å²) >= 11 is 8.16. The van der Waals surface area contributed by atoms with Crippen LogP contribution in [-0.4, -0.2) is 33.3 Å². The average molecular weight is 737 g/mol. The molecule has 0 radical (unpaired) electrons. The lowest BCUT2D eigenvalue weighted by molar-refractivity contribution is -0.232. The van der Waals surface area contributed by atoms with Crippen molar-refractivity contribution in [2.75, 3.05) is 0 Å². The summed E-state index contributed by atoms with van der Waals surface area (Å²) in [5, 5.41) is 22.7. The quantitative estimate of drug-likeness (QED) is 0.221. The predicted molar refractivity (Wildman–Crippen MR) is 205 cm³/mol. The van der Waals surface area contributed by atoms with Gasteiger partial charge in [-0.25, -0.2) is 0 Å². The first kappa shape index (κ1) is 37.3. The van der Waals surface area contributed by atoms with Gasteiger partial charge >= 0.3 is 11.9 Å². The zero-order valence-corrected chi connectivity index (χ0v) is 34.2. The summed E-state index contributed by atoms with van der Waals surface area (Å²) in [4.78, 5) is 24.9. The van der Waals surface area contributed by atoms with Gasteiger partial charge in [0.2, 0.25) is 0 Å². The van der Waals surface area contributed by atoms with Gasteiger partial charge in [0.25, 0.3) is 0 Å². The van der Waals surface area contributed by atoms with Crippen LogP contribution in [0.3, 0.4) is 0 Å². The number of aromatic nitrogens is 2. The number of nitrogens with zero attached hydrogens (tertiary/aromatic N) is 2. The van der Waals surface area contributed by atoms with Gasteiger partial charge in [0.15, 0.2) is 0 Å². The minimum atomic E-state index is -1.13. The van der Waals surface area contributed by atoms with Crippen LogP contribution >= 0.6 is 22.9 Å². The van der Waals surface area contributed by atoms with E-state index in [0.717, 1.165) is 48.6 Å². The minimum Gasteiger partial charge on any atom is -0.481 e. The Bertz CT molecular complexity index is 1700. The van der Waals surface area contributed by atoms with Gasteiger partial charge in [-0.05, 0) is 142 Å². The smallest absolute Gasteiger partial charge is 0.309 e. The van der Waals surface area contributed by atoms with E-state index in [9.17, 15) is 14.7 Å². The summed E-state index contributed by atoms with van der Waals surface area (Å²) in [6.07, 6.45) is 17.1. The number of carbonyl (C=O) groups is 2. The molecule has 0 saturated heterocycles. The molecule has 7 rings (SSSR count). The summed E-state index contributed by atoms with van der Waals surface area (Å²) in [7, 11) is 0. The van der Waals surface area contributed by atoms with E-state index < -0.39 is 11.4 Å². The summed E-state index contributed by atoms with van der Waals surface area (Å²) in [6.45, 7) is 20.6. The fraction of sp³-hybridized carbons (Fsp3) is 0.767. The zero-order chi connectivity index (χ0) is 36.9. The average Bonchev–Trinajstić information content (AvgIpc) is 3.70. The van der Waals surface area contributed by atoms with Crippen molar-refractivity contribution in [2.45, 2.75) is 157 Å². The van der Waals surface area contributed by atoms with Crippen LogP contribution in [0.25, 0.3) is 5.57 Å². The molecular weight excluding hydrogens is 676 g/mol. The molecule has 1 heterocycles. The van der Waals surface area contributed by atoms with E-state index in [-0.39, 0.29) is 45.6 Å². The number of hydrogen-bond donors (Lipinski definition) is 1. The van der Waals surface area contributed by atoms with E-state index >= 15 is 0 Å². The maximum absolute atomic E-state index is 13.1. The molecule has 1 aromatic rings. The van der Waals surface area contributed by atoms with E-state index in [4.69, 9.17) is 26.5 Å². The molecule has 8 unspecified atom stereocenters. The molecule has 0 bridgehead atoms. The lowest BCUT2D eigenvalue weighted by Crippen LogP contribution is -2.66. The molecule has 4 fully saturated rings. The first-order valence-electron chi connectivity index (χ1n) is 19.9. The Morgan fingerprint density at radius 3 is 2.33 bits per heavy atom. The standard InChI is InChI=1S/C43H61ClN2O4S/c1-25(2)28-16-21-43(36-46-45-35(51-36)26-10-12-27(44)13-11-26)23-22-41(8)29(34(28)43)14-15-31-40(7)19-18-32(50-33(47)24-38(3,4)37(48)49)39(5,6)30(40)17-20-42(31,41)9/h10,12,25,29-32H,11,13-24H2,1-9H3,(H,48,49). The molecule has 0 aliphatic heterocycles. The van der Waals surface area contributed by atoms with Crippen LogP contribution < -0.4 is 0 Å². The van der Waals surface area contributed by atoms with Crippen molar-refractivity contribution in [1.29, 1.82) is 0 Å². The highest BCUT2D eigenvalue weighted by atomic mass is 35.5. The highest BCUT2D eigenvalue weighted by Gasteiger charge is 2.70. The number of aliphatic carboxylic acids is 1. The molecule has 0 spiro atoms. The van der Waals surface area contributed by atoms with E-state index in [1.165, 1.54) is 49.1 Å². The van der Waals surface area contributed by atoms with Crippen LogP contribution in [0.4, 0.5) is 0 Å². The molecule has 0 aromatic carbocycles. The zero-order valence-electron chi connectivity index (χ0n) is 32.6. The van der Waals surface area contributed by atoms with Crippen LogP contribution in [0.15, 0.2) is 28.3 Å². The van der Waals surface area contributed by atoms with Crippen LogP contribution in [0, 0.1) is 50.7 Å². The van der Waals surface area contributed by atoms with Gasteiger partial charge in [0.05, 0.1) is 11.8 Å². The largest absolute Gasteiger partial charge is 0.481 e. The highest BCUT2D eigenvalue weighted by molar-refractivity contribution is 7.12. The molecule has 51 heavy (non-hydrogen) atoms. The second-order valence-corrected chi connectivity index (χ2v) is 21.2. The topological polar surface area (TPSA) is 89.4 Å². The molecule has 8 atom stereocenters. The van der Waals surface area contributed by atoms with Crippen molar-refractivity contribution in [1.82, 2.24) is 10.2 Å². The third-order valence-corrected chi connectivity index (χ3v) is 17.8. The van der Waals surface area contributed by atoms with E-state index in [1.54, 1.807) is 25.0 Å². The molecule has 280 valence electrons. The van der Waals surface area contributed by atoms with Crippen molar-refractivity contribution in [2.24, 2.45) is 50.7 Å². The van der Waals surface area contributed by atoms with Crippen LogP contribution in [0.2, 0.25) is 0 Å². The molecular formula is C43H61ClN2O4S. The SMILES string of the molecule is CC(C)C1=C2C3CCC4C5(C)CCC(OC(=O)CC(C)(C)C(=O)O)C(C)(C)C5CCC4(C)C3(C)CCC2(c2nnc(C3=CC=C(Cl)CC3)s2)CC1. The maximum atomic E-state index is 13.1. The van der Waals surface area contributed by atoms with Gasteiger partial charge in [-0.15, -0.1) is 10.2 Å². The summed E-state index contributed by atoms with van der Waals surface area (Å²) in [5.41, 5.74) is 3.98. The number of ether oxygens (including phenoxy) is 1. The van der Waals surface area contributed by atoms with Gasteiger partial charge in [-0.3, -0.25) is 9.59 Å². The third-order valence-electron chi connectivity index (χ3n) is 16.3. The number of carbonyl (C=O) groups excluding carboxylic acids is 1. The Morgan fingerprint density at radius 1 is 0.922 bits per heavy atom. The van der Waals surface area contributed by atoms with Crippen molar-refractivity contribution >= 4 is 40.4 Å². The number of fused-ring (bicyclic) bond motifs is 7. The molecule has 6 aliphatic carbocycles. The second kappa shape index (κ2) is 12.5. The van der Waals surface area contributed by atoms with Gasteiger partial charge in [0, 0.05) is 15.9 Å². The summed E-state index contributed by atoms with van der Waals surface area (Å²) in [6, 6.07) is 0. The van der Waals surface area contributed by atoms with Crippen LogP contribution in [-0.2, 0) is 19.7 Å². The third kappa shape index (κ3) is 5.58. The maximum Gasteiger partial charge on any atom is 0.309 e. The number of rotatable bonds is 7. The van der Waals surface area contributed by atoms with E-state index in [2.05, 4.69) is 54.5 Å². The Balaban J connectivity index is 1.18. The van der Waals surface area contributed by atoms with Crippen LogP contribution in [0.5, 0.6) is 0 Å². The van der Waals surface area contributed by atoms with E-state index in [0.29, 0.717) is 23.7 Å². The number of esters is 1. The second-order valence-electron chi connectivity index (χ2n) is 19.7. The number of carboxylic acid groups (broad SMARTS) is 1. The predicted octanol–water partition coefficient (Wildman–Crippen LogP) is 11.3. The lowest BCUT2D eigenvalue weighted by atomic mass is 9.33. The Morgan fingerprint density at radius 2 is 1.67 bits per heavy atom. The number of halogens is 1. The number of allylic oxidation sites excluding steroid dienone is 6. The Kier molecular flexibility index (Phi) is 9.17. The van der Waals surface area contributed by atoms with E-state index in [1.807, 2.05) is 17.4 Å². The van der Waals surface area contributed by atoms with Crippen molar-refractivity contribution in [3.8, 4) is 0 Å². The highest BCUT2D eigenvalue weighted by Crippen LogP contribution is 2.77. The fourth-order valence-electron chi connectivity index (χ4n) is 13.2. The molecule has 8 heteroatoms. The fourth-order valence-corrected chi connectivity index (χ4v) is 14.5. The van der Waals surface area contributed by atoms with Gasteiger partial charge in [-0.2, -0.15) is 0 Å². The van der Waals surface area contributed by atoms with Crippen molar-refractivity contribution < 1.29 is 19.4 Å². The summed E-state index contributed by atoms with van der Waals surface area (Å²) < 4.78 is 6.20. The monoisotopic (exact) mass is 736 g/mol. The number of carboxylic acids is 1. The molecule has 1 aromatic heterocycles. The van der Waals surface area contributed by atoms with Gasteiger partial charge in [0.1, 0.15) is 16.1 Å². The Hall–Kier alpha value is -1.99. The Labute approximate surface area is 315 Å². The lowest BCUT2D eigenvalue weighted by Gasteiger charge is -2.72. The summed E-state index contributed by atoms with van der Waals surface area (Å²) in [5.74, 6) is 0.791. The van der Waals surface area contributed by atoms with Crippen molar-refractivity contribution in [3.63, 3.8) is 0 Å². The minimum absolute atomic E-state index is 0.00579. The molecule has 0 amide bonds. The first-order chi connectivity index (χ1) is 23.8. The first-order valence-corrected chi connectivity index (χ1v) is 21.1. The van der Waals surface area contributed by atoms with Gasteiger partial charge in [-0.1, -0.05) is 88.6 Å². The van der Waals surface area contributed by atoms with Crippen LogP contribution in [0.1, 0.15) is 156 Å².